The Morgan fingerprint density at radius 1 is 0.511 bits per heavy atom. The fourth-order valence-electron chi connectivity index (χ4n) is 6.41. The van der Waals surface area contributed by atoms with Crippen LogP contribution in [-0.2, 0) is 5.54 Å². The van der Waals surface area contributed by atoms with Crippen molar-refractivity contribution in [1.82, 2.24) is 4.57 Å². The predicted molar refractivity (Wildman–Crippen MR) is 180 cm³/mol. The van der Waals surface area contributed by atoms with E-state index in [-0.39, 0.29) is 18.4 Å². The van der Waals surface area contributed by atoms with Gasteiger partial charge in [0.1, 0.15) is 12.4 Å². The number of benzene rings is 6. The Balaban J connectivity index is 0.00000357. The Bertz CT molecular complexity index is 1910. The van der Waals surface area contributed by atoms with Crippen molar-refractivity contribution in [2.75, 3.05) is 0 Å². The Morgan fingerprint density at radius 2 is 0.978 bits per heavy atom. The third-order valence-corrected chi connectivity index (χ3v) is 8.77. The third-order valence-electron chi connectivity index (χ3n) is 8.44. The minimum atomic E-state index is -0.704. The van der Waals surface area contributed by atoms with Gasteiger partial charge in [-0.25, -0.2) is 9.13 Å². The number of hydrogen-bond acceptors (Lipinski definition) is 0. The first-order valence-corrected chi connectivity index (χ1v) is 15.3. The molecule has 0 saturated carbocycles. The van der Waals surface area contributed by atoms with Crippen LogP contribution < -0.4 is 17.0 Å². The quantitative estimate of drug-likeness (QED) is 0.134. The SMILES string of the molecule is Clc1ccccc1C(c1ccccc1)(c1ccccc1)n1cc[n+](C(c2ccccc2)c2ccc(-c3ccccc3)cc2)c1.[Cl-]. The summed E-state index contributed by atoms with van der Waals surface area (Å²) in [6, 6.07) is 59.6. The summed E-state index contributed by atoms with van der Waals surface area (Å²) in [6.07, 6.45) is 6.59. The van der Waals surface area contributed by atoms with E-state index in [9.17, 15) is 0 Å². The van der Waals surface area contributed by atoms with Gasteiger partial charge in [0, 0.05) is 32.8 Å². The lowest BCUT2D eigenvalue weighted by atomic mass is 9.76. The number of aromatic nitrogens is 2. The van der Waals surface area contributed by atoms with Crippen molar-refractivity contribution in [1.29, 1.82) is 0 Å². The van der Waals surface area contributed by atoms with Crippen LogP contribution in [0.2, 0.25) is 5.02 Å². The van der Waals surface area contributed by atoms with Gasteiger partial charge in [0.2, 0.25) is 6.33 Å². The molecule has 1 heterocycles. The van der Waals surface area contributed by atoms with Crippen molar-refractivity contribution in [2.45, 2.75) is 11.6 Å². The van der Waals surface area contributed by atoms with Crippen LogP contribution in [0.5, 0.6) is 0 Å². The summed E-state index contributed by atoms with van der Waals surface area (Å²) in [4.78, 5) is 0. The largest absolute Gasteiger partial charge is 1.00 e. The summed E-state index contributed by atoms with van der Waals surface area (Å²) >= 11 is 7.06. The van der Waals surface area contributed by atoms with Crippen LogP contribution in [0.3, 0.4) is 0 Å². The zero-order valence-corrected chi connectivity index (χ0v) is 26.1. The van der Waals surface area contributed by atoms with E-state index in [2.05, 4.69) is 186 Å². The zero-order valence-electron chi connectivity index (χ0n) is 24.6. The molecule has 0 fully saturated rings. The van der Waals surface area contributed by atoms with E-state index < -0.39 is 5.54 Å². The van der Waals surface area contributed by atoms with Crippen molar-refractivity contribution in [2.24, 2.45) is 0 Å². The molecule has 0 radical (unpaired) electrons. The maximum Gasteiger partial charge on any atom is 0.245 e. The topological polar surface area (TPSA) is 8.81 Å². The lowest BCUT2D eigenvalue weighted by Gasteiger charge is -2.33. The van der Waals surface area contributed by atoms with E-state index >= 15 is 0 Å². The van der Waals surface area contributed by atoms with E-state index in [0.717, 1.165) is 21.7 Å². The maximum absolute atomic E-state index is 7.06. The van der Waals surface area contributed by atoms with Gasteiger partial charge < -0.3 is 12.4 Å². The molecule has 1 aromatic heterocycles. The molecule has 7 aromatic rings. The first kappa shape index (κ1) is 30.1. The summed E-state index contributed by atoms with van der Waals surface area (Å²) < 4.78 is 4.62. The highest BCUT2D eigenvalue weighted by Gasteiger charge is 2.44. The number of imidazole rings is 1. The Labute approximate surface area is 276 Å². The molecule has 220 valence electrons. The Kier molecular flexibility index (Phi) is 8.98. The van der Waals surface area contributed by atoms with Crippen molar-refractivity contribution in [3.63, 3.8) is 0 Å². The average Bonchev–Trinajstić information content (AvgIpc) is 3.58. The monoisotopic (exact) mass is 622 g/mol. The molecular formula is C41H32Cl2N2. The van der Waals surface area contributed by atoms with Crippen LogP contribution in [0.25, 0.3) is 11.1 Å². The summed E-state index contributed by atoms with van der Waals surface area (Å²) in [7, 11) is 0. The van der Waals surface area contributed by atoms with E-state index in [1.165, 1.54) is 22.3 Å². The van der Waals surface area contributed by atoms with Crippen LogP contribution in [0.1, 0.15) is 33.9 Å². The molecule has 0 saturated heterocycles. The first-order chi connectivity index (χ1) is 21.7. The van der Waals surface area contributed by atoms with Crippen molar-refractivity contribution in [3.05, 3.63) is 221 Å². The van der Waals surface area contributed by atoms with Gasteiger partial charge in [-0.2, -0.15) is 0 Å². The molecule has 0 N–H and O–H groups in total. The number of nitrogens with zero attached hydrogens (tertiary/aromatic N) is 2. The van der Waals surface area contributed by atoms with Crippen molar-refractivity contribution >= 4 is 11.6 Å². The minimum Gasteiger partial charge on any atom is -1.00 e. The van der Waals surface area contributed by atoms with E-state index in [1.807, 2.05) is 12.1 Å². The van der Waals surface area contributed by atoms with Gasteiger partial charge in [0.15, 0.2) is 11.6 Å². The van der Waals surface area contributed by atoms with Crippen LogP contribution in [0, 0.1) is 0 Å². The molecule has 6 aromatic carbocycles. The molecule has 0 amide bonds. The molecule has 0 aliphatic rings. The molecule has 2 nitrogen and oxygen atoms in total. The fourth-order valence-corrected chi connectivity index (χ4v) is 6.68. The van der Waals surface area contributed by atoms with Gasteiger partial charge in [-0.3, -0.25) is 0 Å². The molecule has 0 spiro atoms. The van der Waals surface area contributed by atoms with E-state index in [1.54, 1.807) is 0 Å². The zero-order chi connectivity index (χ0) is 29.8. The van der Waals surface area contributed by atoms with Crippen LogP contribution >= 0.6 is 11.6 Å². The molecule has 1 atom stereocenters. The summed E-state index contributed by atoms with van der Waals surface area (Å²) in [6.45, 7) is 0. The smallest absolute Gasteiger partial charge is 0.245 e. The highest BCUT2D eigenvalue weighted by molar-refractivity contribution is 6.31. The summed E-state index contributed by atoms with van der Waals surface area (Å²) in [5.41, 5.74) is 7.41. The standard InChI is InChI=1S/C41H32ClN2.ClH/c42-39-24-14-13-23-38(39)41(36-19-9-3-10-20-36,37-21-11-4-12-22-37)44-30-29-43(31-44)40(34-17-7-2-8-18-34)35-27-25-33(26-28-35)32-15-5-1-6-16-32;/h1-31,40H;1H/q+1;/p-1. The predicted octanol–water partition coefficient (Wildman–Crippen LogP) is 6.58. The van der Waals surface area contributed by atoms with Gasteiger partial charge in [-0.15, -0.1) is 0 Å². The van der Waals surface area contributed by atoms with Crippen LogP contribution in [-0.4, -0.2) is 4.57 Å². The number of rotatable bonds is 8. The van der Waals surface area contributed by atoms with Gasteiger partial charge >= 0.3 is 0 Å². The average molecular weight is 624 g/mol. The summed E-state index contributed by atoms with van der Waals surface area (Å²) in [5.74, 6) is 0. The second-order valence-electron chi connectivity index (χ2n) is 11.0. The number of halogens is 2. The Morgan fingerprint density at radius 3 is 1.56 bits per heavy atom. The Hall–Kier alpha value is -4.89. The lowest BCUT2D eigenvalue weighted by Crippen LogP contribution is -3.00. The molecule has 0 bridgehead atoms. The van der Waals surface area contributed by atoms with E-state index in [4.69, 9.17) is 11.6 Å². The maximum atomic E-state index is 7.06. The fraction of sp³-hybridized carbons (Fsp3) is 0.0488. The number of hydrogen-bond donors (Lipinski definition) is 0. The van der Waals surface area contributed by atoms with Gasteiger partial charge in [0.25, 0.3) is 0 Å². The van der Waals surface area contributed by atoms with Crippen LogP contribution in [0.4, 0.5) is 0 Å². The minimum absolute atomic E-state index is 0. The van der Waals surface area contributed by atoms with Crippen molar-refractivity contribution < 1.29 is 17.0 Å². The third kappa shape index (κ3) is 5.71. The van der Waals surface area contributed by atoms with Gasteiger partial charge in [-0.1, -0.05) is 175 Å². The van der Waals surface area contributed by atoms with Gasteiger partial charge in [-0.05, 0) is 17.2 Å². The molecular weight excluding hydrogens is 591 g/mol. The second kappa shape index (κ2) is 13.4. The highest BCUT2D eigenvalue weighted by atomic mass is 35.5. The molecule has 45 heavy (non-hydrogen) atoms. The molecule has 1 unspecified atom stereocenters. The lowest BCUT2D eigenvalue weighted by molar-refractivity contribution is -0.704. The molecule has 7 rings (SSSR count). The molecule has 0 aliphatic carbocycles. The van der Waals surface area contributed by atoms with Crippen LogP contribution in [0.15, 0.2) is 189 Å². The highest BCUT2D eigenvalue weighted by Crippen LogP contribution is 2.43. The molecule has 0 aliphatic heterocycles. The first-order valence-electron chi connectivity index (χ1n) is 14.9. The van der Waals surface area contributed by atoms with Crippen molar-refractivity contribution in [3.8, 4) is 11.1 Å². The second-order valence-corrected chi connectivity index (χ2v) is 11.4. The molecule has 4 heteroatoms. The van der Waals surface area contributed by atoms with E-state index in [0.29, 0.717) is 0 Å². The van der Waals surface area contributed by atoms with Gasteiger partial charge in [0.05, 0.1) is 0 Å². The normalized spacial score (nSPS) is 11.8. The summed E-state index contributed by atoms with van der Waals surface area (Å²) in [5, 5.41) is 0.719.